The summed E-state index contributed by atoms with van der Waals surface area (Å²) in [5, 5.41) is -6.37. The van der Waals surface area contributed by atoms with Crippen molar-refractivity contribution in [3.05, 3.63) is 12.2 Å². The molecule has 188 valence electrons. The van der Waals surface area contributed by atoms with Crippen molar-refractivity contribution in [3.8, 4) is 0 Å². The van der Waals surface area contributed by atoms with E-state index in [9.17, 15) is 66.5 Å². The summed E-state index contributed by atoms with van der Waals surface area (Å²) in [5.74, 6) is -16.9. The van der Waals surface area contributed by atoms with Gasteiger partial charge in [0, 0.05) is 6.42 Å². The van der Waals surface area contributed by atoms with Crippen molar-refractivity contribution in [2.45, 2.75) is 42.7 Å². The van der Waals surface area contributed by atoms with Gasteiger partial charge in [-0.15, -0.1) is 0 Å². The molecule has 0 aliphatic carbocycles. The Balaban J connectivity index is 6.14. The van der Waals surface area contributed by atoms with Crippen molar-refractivity contribution in [1.82, 2.24) is 0 Å². The fourth-order valence-corrected chi connectivity index (χ4v) is 2.04. The molecule has 32 heavy (non-hydrogen) atoms. The number of alkyl halides is 10. The van der Waals surface area contributed by atoms with Crippen LogP contribution in [0.25, 0.3) is 0 Å². The van der Waals surface area contributed by atoms with Gasteiger partial charge >= 0.3 is 41.3 Å². The Morgan fingerprint density at radius 3 is 1.78 bits per heavy atom. The fourth-order valence-electron chi connectivity index (χ4n) is 1.57. The number of esters is 2. The molecule has 0 aromatic carbocycles. The summed E-state index contributed by atoms with van der Waals surface area (Å²) in [4.78, 5) is 23.1. The molecule has 0 aliphatic heterocycles. The van der Waals surface area contributed by atoms with Gasteiger partial charge in [0.05, 0.1) is 13.2 Å². The number of carbonyl (C=O) groups excluding carboxylic acids is 2. The molecule has 0 radical (unpaired) electrons. The van der Waals surface area contributed by atoms with Gasteiger partial charge in [-0.3, -0.25) is 0 Å². The van der Waals surface area contributed by atoms with Gasteiger partial charge in [0.25, 0.3) is 0 Å². The predicted molar refractivity (Wildman–Crippen MR) is 76.9 cm³/mol. The highest BCUT2D eigenvalue weighted by molar-refractivity contribution is 7.86. The summed E-state index contributed by atoms with van der Waals surface area (Å²) in [6.45, 7) is -0.427. The minimum absolute atomic E-state index is 0.851. The zero-order chi connectivity index (χ0) is 26.0. The van der Waals surface area contributed by atoms with E-state index in [4.69, 9.17) is 0 Å². The zero-order valence-electron chi connectivity index (χ0n) is 15.3. The molecule has 0 fully saturated rings. The lowest BCUT2D eigenvalue weighted by molar-refractivity contribution is -0.357. The van der Waals surface area contributed by atoms with Gasteiger partial charge in [-0.25, -0.2) is 18.0 Å². The van der Waals surface area contributed by atoms with Crippen LogP contribution in [0.4, 0.5) is 43.9 Å². The van der Waals surface area contributed by atoms with Crippen molar-refractivity contribution >= 4 is 22.1 Å². The van der Waals surface area contributed by atoms with E-state index in [0.717, 1.165) is 6.92 Å². The second-order valence-corrected chi connectivity index (χ2v) is 6.90. The van der Waals surface area contributed by atoms with Crippen molar-refractivity contribution in [2.24, 2.45) is 0 Å². The molecule has 0 bridgehead atoms. The molecule has 0 amide bonds. The molecule has 0 aliphatic rings. The highest BCUT2D eigenvalue weighted by Crippen LogP contribution is 2.42. The molecular weight excluding hydrogens is 506 g/mol. The standard InChI is InChI=1S/C13H12F10O8S/c1-3-29-8(25)10(12(19,20)21,31-7(24)6(2)11(16,17)18)30-5-4-9(14,15)13(22,23)32(26,27)28/h2-5H2,1H3,(H,26,27,28)/p-1. The molecule has 1 unspecified atom stereocenters. The van der Waals surface area contributed by atoms with E-state index < -0.39 is 76.6 Å². The molecule has 0 rings (SSSR count). The van der Waals surface area contributed by atoms with Crippen LogP contribution in [0, 0.1) is 0 Å². The summed E-state index contributed by atoms with van der Waals surface area (Å²) < 4.78 is 172. The molecular formula is C13H11F10O8S-. The molecule has 0 heterocycles. The van der Waals surface area contributed by atoms with E-state index in [1.165, 1.54) is 0 Å². The number of halogens is 10. The summed E-state index contributed by atoms with van der Waals surface area (Å²) in [7, 11) is -7.05. The molecule has 19 heteroatoms. The van der Waals surface area contributed by atoms with Crippen LogP contribution in [0.5, 0.6) is 0 Å². The molecule has 0 N–H and O–H groups in total. The van der Waals surface area contributed by atoms with Crippen molar-refractivity contribution < 1.29 is 80.7 Å². The predicted octanol–water partition coefficient (Wildman–Crippen LogP) is 2.65. The SMILES string of the molecule is C=C(C(=O)OC(OCCC(F)(F)C(F)(F)S(=O)(=O)[O-])(C(=O)OCC)C(F)(F)F)C(F)(F)F. The van der Waals surface area contributed by atoms with E-state index in [-0.39, 0.29) is 0 Å². The highest BCUT2D eigenvalue weighted by Gasteiger charge is 2.69. The summed E-state index contributed by atoms with van der Waals surface area (Å²) >= 11 is 0. The Morgan fingerprint density at radius 1 is 0.969 bits per heavy atom. The Kier molecular flexibility index (Phi) is 8.75. The molecule has 1 atom stereocenters. The number of carbonyl (C=O) groups is 2. The van der Waals surface area contributed by atoms with E-state index >= 15 is 0 Å². The first-order valence-electron chi connectivity index (χ1n) is 7.56. The van der Waals surface area contributed by atoms with Gasteiger partial charge in [0.1, 0.15) is 5.57 Å². The van der Waals surface area contributed by atoms with Crippen LogP contribution >= 0.6 is 0 Å². The minimum atomic E-state index is -7.05. The molecule has 0 spiro atoms. The largest absolute Gasteiger partial charge is 0.743 e. The maximum Gasteiger partial charge on any atom is 0.468 e. The smallest absolute Gasteiger partial charge is 0.468 e. The molecule has 0 aromatic heterocycles. The normalized spacial score (nSPS) is 15.6. The Morgan fingerprint density at radius 2 is 1.44 bits per heavy atom. The van der Waals surface area contributed by atoms with Crippen molar-refractivity contribution in [3.63, 3.8) is 0 Å². The third kappa shape index (κ3) is 6.21. The average Bonchev–Trinajstić information content (AvgIpc) is 2.56. The molecule has 0 saturated carbocycles. The maximum absolute atomic E-state index is 13.4. The lowest BCUT2D eigenvalue weighted by Gasteiger charge is -2.33. The monoisotopic (exact) mass is 517 g/mol. The van der Waals surface area contributed by atoms with Gasteiger partial charge in [-0.2, -0.15) is 43.9 Å². The Bertz CT molecular complexity index is 833. The second-order valence-electron chi connectivity index (χ2n) is 5.47. The molecule has 0 saturated heterocycles. The van der Waals surface area contributed by atoms with Crippen LogP contribution < -0.4 is 0 Å². The Hall–Kier alpha value is -2.15. The Labute approximate surface area is 171 Å². The highest BCUT2D eigenvalue weighted by atomic mass is 32.2. The van der Waals surface area contributed by atoms with Crippen LogP contribution in [-0.2, 0) is 33.9 Å². The quantitative estimate of drug-likeness (QED) is 0.143. The van der Waals surface area contributed by atoms with Gasteiger partial charge in [-0.05, 0) is 6.92 Å². The van der Waals surface area contributed by atoms with Gasteiger partial charge in [0.15, 0.2) is 10.1 Å². The van der Waals surface area contributed by atoms with Crippen molar-refractivity contribution in [1.29, 1.82) is 0 Å². The van der Waals surface area contributed by atoms with Crippen LogP contribution in [0.2, 0.25) is 0 Å². The van der Waals surface area contributed by atoms with Crippen LogP contribution in [0.15, 0.2) is 12.2 Å². The first kappa shape index (κ1) is 29.9. The third-order valence-electron chi connectivity index (χ3n) is 3.20. The van der Waals surface area contributed by atoms with Gasteiger partial charge in [0.2, 0.25) is 0 Å². The van der Waals surface area contributed by atoms with Crippen LogP contribution in [0.1, 0.15) is 13.3 Å². The van der Waals surface area contributed by atoms with Crippen LogP contribution in [0.3, 0.4) is 0 Å². The number of hydrogen-bond acceptors (Lipinski definition) is 8. The summed E-state index contributed by atoms with van der Waals surface area (Å²) in [5.41, 5.74) is -2.62. The third-order valence-corrected chi connectivity index (χ3v) is 4.13. The first-order valence-corrected chi connectivity index (χ1v) is 8.97. The average molecular weight is 517 g/mol. The van der Waals surface area contributed by atoms with E-state index in [1.54, 1.807) is 0 Å². The zero-order valence-corrected chi connectivity index (χ0v) is 16.1. The lowest BCUT2D eigenvalue weighted by Crippen LogP contribution is -2.59. The number of ether oxygens (including phenoxy) is 3. The molecule has 0 aromatic rings. The molecule has 8 nitrogen and oxygen atoms in total. The van der Waals surface area contributed by atoms with Crippen LogP contribution in [-0.4, -0.2) is 67.4 Å². The van der Waals surface area contributed by atoms with E-state index in [1.807, 2.05) is 0 Å². The van der Waals surface area contributed by atoms with E-state index in [2.05, 4.69) is 20.8 Å². The summed E-state index contributed by atoms with van der Waals surface area (Å²) in [6.07, 6.45) is -14.7. The number of rotatable bonds is 10. The maximum atomic E-state index is 13.4. The van der Waals surface area contributed by atoms with Crippen molar-refractivity contribution in [2.75, 3.05) is 13.2 Å². The first-order chi connectivity index (χ1) is 14.0. The topological polar surface area (TPSA) is 119 Å². The lowest BCUT2D eigenvalue weighted by atomic mass is 10.2. The summed E-state index contributed by atoms with van der Waals surface area (Å²) in [6, 6.07) is 0. The van der Waals surface area contributed by atoms with E-state index in [0.29, 0.717) is 0 Å². The van der Waals surface area contributed by atoms with Gasteiger partial charge in [-0.1, -0.05) is 6.58 Å². The van der Waals surface area contributed by atoms with Gasteiger partial charge < -0.3 is 18.8 Å². The fraction of sp³-hybridized carbons (Fsp3) is 0.692. The second kappa shape index (κ2) is 9.38. The number of hydrogen-bond donors (Lipinski definition) is 0. The minimum Gasteiger partial charge on any atom is -0.743 e.